The van der Waals surface area contributed by atoms with Gasteiger partial charge in [0.1, 0.15) is 4.83 Å². The minimum absolute atomic E-state index is 0.230. The molecule has 0 saturated heterocycles. The minimum Gasteiger partial charge on any atom is -0.291 e. The number of aryl methyl sites for hydroxylation is 1. The molecule has 3 aromatic heterocycles. The topological polar surface area (TPSA) is 71.6 Å². The number of carbonyl (C=O) groups excluding carboxylic acids is 1. The van der Waals surface area contributed by atoms with Crippen LogP contribution in [0.1, 0.15) is 27.0 Å². The molecule has 4 rings (SSSR count). The maximum absolute atomic E-state index is 12.9. The summed E-state index contributed by atoms with van der Waals surface area (Å²) in [6.07, 6.45) is 1.59. The average molecular weight is 358 g/mol. The third-order valence-corrected chi connectivity index (χ3v) is 5.29. The Bertz CT molecular complexity index is 1120. The van der Waals surface area contributed by atoms with Gasteiger partial charge >= 0.3 is 0 Å². The molecule has 126 valence electrons. The molecule has 0 N–H and O–H groups in total. The molecule has 0 fully saturated rings. The fraction of sp³-hybridized carbons (Fsp3) is 0.100. The van der Waals surface area contributed by atoms with Crippen molar-refractivity contribution < 1.29 is 4.79 Å². The van der Waals surface area contributed by atoms with Crippen LogP contribution in [0, 0.1) is 18.3 Å². The van der Waals surface area contributed by atoms with Crippen LogP contribution in [0.4, 0.5) is 0 Å². The van der Waals surface area contributed by atoms with E-state index in [1.54, 1.807) is 24.4 Å². The van der Waals surface area contributed by atoms with Gasteiger partial charge in [-0.3, -0.25) is 9.78 Å². The molecule has 0 radical (unpaired) electrons. The zero-order chi connectivity index (χ0) is 18.1. The molecule has 4 aromatic rings. The lowest BCUT2D eigenvalue weighted by Crippen LogP contribution is -2.11. The van der Waals surface area contributed by atoms with Crippen LogP contribution in [-0.4, -0.2) is 20.5 Å². The Balaban J connectivity index is 1.79. The van der Waals surface area contributed by atoms with Crippen LogP contribution < -0.4 is 0 Å². The number of fused-ring (bicyclic) bond motifs is 1. The first-order valence-electron chi connectivity index (χ1n) is 8.08. The van der Waals surface area contributed by atoms with Crippen molar-refractivity contribution in [1.82, 2.24) is 14.8 Å². The summed E-state index contributed by atoms with van der Waals surface area (Å²) in [6.45, 7) is 1.92. The zero-order valence-electron chi connectivity index (χ0n) is 14.0. The maximum Gasteiger partial charge on any atom is 0.196 e. The van der Waals surface area contributed by atoms with Gasteiger partial charge in [-0.15, -0.1) is 11.3 Å². The molecule has 3 heterocycles. The van der Waals surface area contributed by atoms with Crippen molar-refractivity contribution in [2.75, 3.05) is 0 Å². The first-order chi connectivity index (χ1) is 12.7. The van der Waals surface area contributed by atoms with Crippen molar-refractivity contribution in [3.05, 3.63) is 77.1 Å². The summed E-state index contributed by atoms with van der Waals surface area (Å²) >= 11 is 1.36. The summed E-state index contributed by atoms with van der Waals surface area (Å²) in [5.74, 6) is -1.14. The molecule has 6 heteroatoms. The van der Waals surface area contributed by atoms with Crippen LogP contribution in [0.3, 0.4) is 0 Å². The lowest BCUT2D eigenvalue weighted by molar-refractivity contribution is 0.0981. The molecule has 5 nitrogen and oxygen atoms in total. The fourth-order valence-electron chi connectivity index (χ4n) is 2.86. The van der Waals surface area contributed by atoms with Crippen LogP contribution in [0.2, 0.25) is 0 Å². The largest absolute Gasteiger partial charge is 0.291 e. The van der Waals surface area contributed by atoms with Gasteiger partial charge in [0.15, 0.2) is 11.7 Å². The molecule has 0 saturated carbocycles. The van der Waals surface area contributed by atoms with Gasteiger partial charge in [-0.2, -0.15) is 10.4 Å². The van der Waals surface area contributed by atoms with Gasteiger partial charge in [0.2, 0.25) is 0 Å². The minimum atomic E-state index is -0.905. The van der Waals surface area contributed by atoms with Crippen molar-refractivity contribution in [3.63, 3.8) is 0 Å². The number of rotatable bonds is 4. The lowest BCUT2D eigenvalue weighted by Gasteiger charge is -2.05. The SMILES string of the molecule is Cc1nn(-c2ccccc2)c2sc(C(=O)[C@H](C#N)c3ccccn3)cc12. The highest BCUT2D eigenvalue weighted by Gasteiger charge is 2.26. The van der Waals surface area contributed by atoms with E-state index in [-0.39, 0.29) is 5.78 Å². The average Bonchev–Trinajstić information content (AvgIpc) is 3.25. The zero-order valence-corrected chi connectivity index (χ0v) is 14.8. The number of pyridine rings is 1. The second kappa shape index (κ2) is 6.54. The molecule has 1 atom stereocenters. The quantitative estimate of drug-likeness (QED) is 0.511. The Morgan fingerprint density at radius 2 is 1.96 bits per heavy atom. The van der Waals surface area contributed by atoms with E-state index in [0.717, 1.165) is 21.6 Å². The number of nitriles is 1. The summed E-state index contributed by atoms with van der Waals surface area (Å²) in [5, 5.41) is 15.0. The molecule has 0 spiro atoms. The number of carbonyl (C=O) groups is 1. The molecule has 0 aliphatic heterocycles. The maximum atomic E-state index is 12.9. The fourth-order valence-corrected chi connectivity index (χ4v) is 4.01. The van der Waals surface area contributed by atoms with Crippen LogP contribution in [0.15, 0.2) is 60.8 Å². The van der Waals surface area contributed by atoms with E-state index in [4.69, 9.17) is 0 Å². The molecule has 26 heavy (non-hydrogen) atoms. The smallest absolute Gasteiger partial charge is 0.196 e. The van der Waals surface area contributed by atoms with E-state index in [1.165, 1.54) is 11.3 Å². The first kappa shape index (κ1) is 16.2. The number of Topliss-reactive ketones (excluding diaryl/α,β-unsaturated/α-hetero) is 1. The molecule has 0 bridgehead atoms. The summed E-state index contributed by atoms with van der Waals surface area (Å²) in [4.78, 5) is 18.5. The molecule has 1 aromatic carbocycles. The van der Waals surface area contributed by atoms with Crippen molar-refractivity contribution in [3.8, 4) is 11.8 Å². The third kappa shape index (κ3) is 2.68. The Kier molecular flexibility index (Phi) is 4.07. The number of aromatic nitrogens is 3. The van der Waals surface area contributed by atoms with Gasteiger partial charge in [-0.25, -0.2) is 4.68 Å². The van der Waals surface area contributed by atoms with E-state index in [9.17, 15) is 10.1 Å². The second-order valence-electron chi connectivity index (χ2n) is 5.84. The molecular formula is C20H14N4OS. The second-order valence-corrected chi connectivity index (χ2v) is 6.87. The van der Waals surface area contributed by atoms with Crippen LogP contribution >= 0.6 is 11.3 Å². The van der Waals surface area contributed by atoms with Gasteiger partial charge in [-0.05, 0) is 37.3 Å². The molecule has 0 unspecified atom stereocenters. The van der Waals surface area contributed by atoms with Crippen LogP contribution in [0.5, 0.6) is 0 Å². The Morgan fingerprint density at radius 3 is 2.65 bits per heavy atom. The van der Waals surface area contributed by atoms with Gasteiger partial charge in [0.05, 0.1) is 28.0 Å². The number of para-hydroxylation sites is 1. The van der Waals surface area contributed by atoms with E-state index in [0.29, 0.717) is 10.6 Å². The van der Waals surface area contributed by atoms with Gasteiger partial charge in [0.25, 0.3) is 0 Å². The Morgan fingerprint density at radius 1 is 1.19 bits per heavy atom. The number of hydrogen-bond acceptors (Lipinski definition) is 5. The Hall–Kier alpha value is -3.30. The highest BCUT2D eigenvalue weighted by Crippen LogP contribution is 2.33. The number of hydrogen-bond donors (Lipinski definition) is 0. The third-order valence-electron chi connectivity index (χ3n) is 4.16. The molecule has 0 aliphatic carbocycles. The standard InChI is InChI=1S/C20H14N4OS/c1-13-15-11-18(19(25)16(12-21)17-9-5-6-10-22-17)26-20(15)24(23-13)14-7-3-2-4-8-14/h2-11,16H,1H3/t16-/m1/s1. The van der Waals surface area contributed by atoms with E-state index >= 15 is 0 Å². The van der Waals surface area contributed by atoms with Crippen LogP contribution in [-0.2, 0) is 0 Å². The van der Waals surface area contributed by atoms with Gasteiger partial charge in [0, 0.05) is 11.6 Å². The van der Waals surface area contributed by atoms with E-state index in [1.807, 2.05) is 48.0 Å². The number of benzene rings is 1. The highest BCUT2D eigenvalue weighted by atomic mass is 32.1. The van der Waals surface area contributed by atoms with Crippen molar-refractivity contribution in [1.29, 1.82) is 5.26 Å². The van der Waals surface area contributed by atoms with Gasteiger partial charge < -0.3 is 0 Å². The van der Waals surface area contributed by atoms with Crippen LogP contribution in [0.25, 0.3) is 15.9 Å². The summed E-state index contributed by atoms with van der Waals surface area (Å²) in [6, 6.07) is 19.0. The van der Waals surface area contributed by atoms with Gasteiger partial charge in [-0.1, -0.05) is 24.3 Å². The lowest BCUT2D eigenvalue weighted by atomic mass is 10.00. The molecule has 0 amide bonds. The van der Waals surface area contributed by atoms with E-state index in [2.05, 4.69) is 16.2 Å². The number of thiophene rings is 1. The van der Waals surface area contributed by atoms with Crippen molar-refractivity contribution in [2.24, 2.45) is 0 Å². The molecule has 0 aliphatic rings. The Labute approximate surface area is 154 Å². The first-order valence-corrected chi connectivity index (χ1v) is 8.90. The normalized spacial score (nSPS) is 12.0. The van der Waals surface area contributed by atoms with Crippen molar-refractivity contribution in [2.45, 2.75) is 12.8 Å². The summed E-state index contributed by atoms with van der Waals surface area (Å²) in [7, 11) is 0. The van der Waals surface area contributed by atoms with E-state index < -0.39 is 5.92 Å². The molecular weight excluding hydrogens is 344 g/mol. The monoisotopic (exact) mass is 358 g/mol. The number of nitrogens with zero attached hydrogens (tertiary/aromatic N) is 4. The predicted molar refractivity (Wildman–Crippen MR) is 101 cm³/mol. The summed E-state index contributed by atoms with van der Waals surface area (Å²) < 4.78 is 1.84. The predicted octanol–water partition coefficient (Wildman–Crippen LogP) is 4.28. The summed E-state index contributed by atoms with van der Waals surface area (Å²) in [5.41, 5.74) is 2.26. The van der Waals surface area contributed by atoms with Crippen molar-refractivity contribution >= 4 is 27.3 Å². The number of ketones is 1. The highest BCUT2D eigenvalue weighted by molar-refractivity contribution is 7.20.